The van der Waals surface area contributed by atoms with Crippen molar-refractivity contribution in [1.29, 1.82) is 0 Å². The molecule has 1 aromatic rings. The van der Waals surface area contributed by atoms with E-state index in [1.165, 1.54) is 4.31 Å². The number of carbonyl (C=O) groups excluding carboxylic acids is 1. The van der Waals surface area contributed by atoms with Crippen LogP contribution in [0.1, 0.15) is 25.7 Å². The zero-order valence-electron chi connectivity index (χ0n) is 13.7. The molecule has 24 heavy (non-hydrogen) atoms. The van der Waals surface area contributed by atoms with E-state index in [9.17, 15) is 13.2 Å². The van der Waals surface area contributed by atoms with Crippen LogP contribution < -0.4 is 9.04 Å². The maximum atomic E-state index is 12.8. The van der Waals surface area contributed by atoms with Gasteiger partial charge in [0.15, 0.2) is 6.10 Å². The van der Waals surface area contributed by atoms with E-state index in [1.807, 2.05) is 0 Å². The van der Waals surface area contributed by atoms with Crippen molar-refractivity contribution in [2.45, 2.75) is 37.8 Å². The van der Waals surface area contributed by atoms with Crippen LogP contribution in [0.3, 0.4) is 0 Å². The molecule has 0 N–H and O–H groups in total. The Kier molecular flexibility index (Phi) is 4.66. The average molecular weight is 373 g/mol. The topological polar surface area (TPSA) is 66.9 Å². The molecule has 1 atom stereocenters. The Bertz CT molecular complexity index is 746. The van der Waals surface area contributed by atoms with Crippen molar-refractivity contribution in [3.63, 3.8) is 0 Å². The third-order valence-electron chi connectivity index (χ3n) is 4.69. The van der Waals surface area contributed by atoms with Crippen LogP contribution in [0.5, 0.6) is 5.75 Å². The molecular weight excluding hydrogens is 352 g/mol. The smallest absolute Gasteiger partial charge is 0.265 e. The molecule has 3 rings (SSSR count). The minimum Gasteiger partial charge on any atom is -0.476 e. The maximum Gasteiger partial charge on any atom is 0.265 e. The lowest BCUT2D eigenvalue weighted by Crippen LogP contribution is -2.52. The fourth-order valence-corrected chi connectivity index (χ4v) is 4.44. The number of likely N-dealkylation sites (N-methyl/N-ethyl adjacent to an activating group) is 1. The summed E-state index contributed by atoms with van der Waals surface area (Å²) in [6, 6.07) is 4.97. The molecule has 1 fully saturated rings. The molecule has 1 unspecified atom stereocenters. The van der Waals surface area contributed by atoms with E-state index in [2.05, 4.69) is 0 Å². The number of ether oxygens (including phenoxy) is 1. The van der Waals surface area contributed by atoms with Crippen molar-refractivity contribution in [2.75, 3.05) is 24.2 Å². The molecule has 6 nitrogen and oxygen atoms in total. The number of rotatable bonds is 3. The van der Waals surface area contributed by atoms with Gasteiger partial charge < -0.3 is 9.64 Å². The van der Waals surface area contributed by atoms with Gasteiger partial charge in [0, 0.05) is 18.1 Å². The second-order valence-electron chi connectivity index (χ2n) is 6.40. The van der Waals surface area contributed by atoms with Gasteiger partial charge in [-0.2, -0.15) is 0 Å². The van der Waals surface area contributed by atoms with Crippen LogP contribution in [-0.4, -0.2) is 51.2 Å². The Morgan fingerprint density at radius 2 is 2.00 bits per heavy atom. The van der Waals surface area contributed by atoms with Gasteiger partial charge in [0.25, 0.3) is 5.91 Å². The highest BCUT2D eigenvalue weighted by Gasteiger charge is 2.38. The predicted molar refractivity (Wildman–Crippen MR) is 93.1 cm³/mol. The van der Waals surface area contributed by atoms with Gasteiger partial charge in [0.1, 0.15) is 5.75 Å². The van der Waals surface area contributed by atoms with Crippen LogP contribution in [0.15, 0.2) is 18.2 Å². The first-order valence-corrected chi connectivity index (χ1v) is 10.2. The van der Waals surface area contributed by atoms with Crippen LogP contribution in [0.4, 0.5) is 5.69 Å². The zero-order chi connectivity index (χ0) is 17.5. The normalized spacial score (nSPS) is 21.3. The summed E-state index contributed by atoms with van der Waals surface area (Å²) >= 11 is 5.98. The summed E-state index contributed by atoms with van der Waals surface area (Å²) in [5, 5.41) is 0.416. The summed E-state index contributed by atoms with van der Waals surface area (Å²) < 4.78 is 31.3. The Morgan fingerprint density at radius 1 is 1.33 bits per heavy atom. The molecule has 0 bridgehead atoms. The minimum atomic E-state index is -3.54. The molecule has 1 saturated carbocycles. The van der Waals surface area contributed by atoms with Crippen molar-refractivity contribution in [3.05, 3.63) is 23.2 Å². The lowest BCUT2D eigenvalue weighted by Gasteiger charge is -2.36. The number of hydrogen-bond acceptors (Lipinski definition) is 4. The molecule has 1 aliphatic carbocycles. The number of fused-ring (bicyclic) bond motifs is 1. The second-order valence-corrected chi connectivity index (χ2v) is 8.74. The van der Waals surface area contributed by atoms with Crippen LogP contribution in [0.25, 0.3) is 0 Å². The third kappa shape index (κ3) is 3.32. The van der Waals surface area contributed by atoms with Gasteiger partial charge in [-0.15, -0.1) is 0 Å². The number of sulfonamides is 1. The first-order valence-electron chi connectivity index (χ1n) is 7.98. The SMILES string of the molecule is CN(C(=O)C1CN(S(C)(=O)=O)c2cc(Cl)ccc2O1)C1CCCC1. The Balaban J connectivity index is 1.89. The van der Waals surface area contributed by atoms with Crippen LogP contribution in [0.2, 0.25) is 5.02 Å². The van der Waals surface area contributed by atoms with Crippen molar-refractivity contribution >= 4 is 33.2 Å². The monoisotopic (exact) mass is 372 g/mol. The molecule has 0 aromatic heterocycles. The van der Waals surface area contributed by atoms with E-state index in [4.69, 9.17) is 16.3 Å². The molecular formula is C16H21ClN2O4S. The lowest BCUT2D eigenvalue weighted by molar-refractivity contribution is -0.139. The third-order valence-corrected chi connectivity index (χ3v) is 6.07. The Morgan fingerprint density at radius 3 is 2.62 bits per heavy atom. The molecule has 1 aromatic carbocycles. The summed E-state index contributed by atoms with van der Waals surface area (Å²) in [5.74, 6) is 0.172. The van der Waals surface area contributed by atoms with E-state index in [1.54, 1.807) is 30.1 Å². The van der Waals surface area contributed by atoms with E-state index in [-0.39, 0.29) is 18.5 Å². The van der Waals surface area contributed by atoms with Crippen molar-refractivity contribution in [1.82, 2.24) is 4.90 Å². The van der Waals surface area contributed by atoms with Gasteiger partial charge in [-0.05, 0) is 31.0 Å². The van der Waals surface area contributed by atoms with E-state index < -0.39 is 16.1 Å². The number of benzene rings is 1. The average Bonchev–Trinajstić information content (AvgIpc) is 3.05. The fourth-order valence-electron chi connectivity index (χ4n) is 3.37. The quantitative estimate of drug-likeness (QED) is 0.816. The predicted octanol–water partition coefficient (Wildman–Crippen LogP) is 2.27. The molecule has 0 spiro atoms. The summed E-state index contributed by atoms with van der Waals surface area (Å²) in [5.41, 5.74) is 0.373. The highest BCUT2D eigenvalue weighted by atomic mass is 35.5. The second kappa shape index (κ2) is 6.44. The van der Waals surface area contributed by atoms with E-state index in [0.717, 1.165) is 31.9 Å². The van der Waals surface area contributed by atoms with Gasteiger partial charge in [-0.25, -0.2) is 8.42 Å². The van der Waals surface area contributed by atoms with E-state index in [0.29, 0.717) is 16.5 Å². The van der Waals surface area contributed by atoms with Crippen LogP contribution >= 0.6 is 11.6 Å². The summed E-state index contributed by atoms with van der Waals surface area (Å²) in [7, 11) is -1.78. The first kappa shape index (κ1) is 17.4. The number of amides is 1. The first-order chi connectivity index (χ1) is 11.3. The van der Waals surface area contributed by atoms with Gasteiger partial charge in [0.05, 0.1) is 18.5 Å². The Labute approximate surface area is 147 Å². The molecule has 1 amide bonds. The van der Waals surface area contributed by atoms with Gasteiger partial charge in [0.2, 0.25) is 10.0 Å². The minimum absolute atomic E-state index is 0.0396. The molecule has 1 aliphatic heterocycles. The number of nitrogens with zero attached hydrogens (tertiary/aromatic N) is 2. The standard InChI is InChI=1S/C16H21ClN2O4S/c1-18(12-5-3-4-6-12)16(20)15-10-19(24(2,21)22)13-9-11(17)7-8-14(13)23-15/h7-9,12,15H,3-6,10H2,1-2H3. The zero-order valence-corrected chi connectivity index (χ0v) is 15.3. The summed E-state index contributed by atoms with van der Waals surface area (Å²) in [6.07, 6.45) is 4.47. The number of anilines is 1. The largest absolute Gasteiger partial charge is 0.476 e. The number of hydrogen-bond donors (Lipinski definition) is 0. The van der Waals surface area contributed by atoms with Crippen molar-refractivity contribution in [3.8, 4) is 5.75 Å². The van der Waals surface area contributed by atoms with Gasteiger partial charge >= 0.3 is 0 Å². The fraction of sp³-hybridized carbons (Fsp3) is 0.562. The van der Waals surface area contributed by atoms with Crippen LogP contribution in [-0.2, 0) is 14.8 Å². The van der Waals surface area contributed by atoms with Crippen molar-refractivity contribution in [2.24, 2.45) is 0 Å². The molecule has 8 heteroatoms. The summed E-state index contributed by atoms with van der Waals surface area (Å²) in [6.45, 7) is -0.0396. The van der Waals surface area contributed by atoms with Crippen LogP contribution in [0, 0.1) is 0 Å². The maximum absolute atomic E-state index is 12.8. The highest BCUT2D eigenvalue weighted by molar-refractivity contribution is 7.92. The summed E-state index contributed by atoms with van der Waals surface area (Å²) in [4.78, 5) is 14.5. The molecule has 132 valence electrons. The molecule has 2 aliphatic rings. The molecule has 1 heterocycles. The highest BCUT2D eigenvalue weighted by Crippen LogP contribution is 2.37. The lowest BCUT2D eigenvalue weighted by atomic mass is 10.1. The number of carbonyl (C=O) groups is 1. The number of halogens is 1. The van der Waals surface area contributed by atoms with Gasteiger partial charge in [-0.1, -0.05) is 24.4 Å². The van der Waals surface area contributed by atoms with Crippen molar-refractivity contribution < 1.29 is 17.9 Å². The molecule has 0 radical (unpaired) electrons. The Hall–Kier alpha value is -1.47. The molecule has 0 saturated heterocycles. The van der Waals surface area contributed by atoms with Gasteiger partial charge in [-0.3, -0.25) is 9.10 Å². The van der Waals surface area contributed by atoms with E-state index >= 15 is 0 Å².